The number of hydrogen-bond donors (Lipinski definition) is 2. The first-order valence-electron chi connectivity index (χ1n) is 14.6. The van der Waals surface area contributed by atoms with Gasteiger partial charge in [0.05, 0.1) is 6.61 Å². The van der Waals surface area contributed by atoms with Crippen molar-refractivity contribution in [3.8, 4) is 0 Å². The van der Waals surface area contributed by atoms with E-state index < -0.39 is 32.5 Å². The van der Waals surface area contributed by atoms with Gasteiger partial charge in [0.1, 0.15) is 6.61 Å². The van der Waals surface area contributed by atoms with E-state index in [2.05, 4.69) is 35.8 Å². The van der Waals surface area contributed by atoms with Crippen LogP contribution < -0.4 is 0 Å². The van der Waals surface area contributed by atoms with Crippen LogP contribution in [0.4, 0.5) is 0 Å². The van der Waals surface area contributed by atoms with Crippen LogP contribution in [-0.4, -0.2) is 41.0 Å². The summed E-state index contributed by atoms with van der Waals surface area (Å²) in [6.07, 6.45) is 28.5. The van der Waals surface area contributed by atoms with Crippen molar-refractivity contribution in [2.24, 2.45) is 0 Å². The van der Waals surface area contributed by atoms with Crippen LogP contribution in [-0.2, 0) is 28.2 Å². The van der Waals surface area contributed by atoms with Crippen molar-refractivity contribution >= 4 is 19.8 Å². The maximum Gasteiger partial charge on any atom is 0.469 e. The van der Waals surface area contributed by atoms with Gasteiger partial charge in [-0.15, -0.1) is 0 Å². The van der Waals surface area contributed by atoms with Crippen molar-refractivity contribution in [1.82, 2.24) is 0 Å². The van der Waals surface area contributed by atoms with Crippen LogP contribution in [0.3, 0.4) is 0 Å². The second-order valence-electron chi connectivity index (χ2n) is 9.80. The number of unbranched alkanes of at least 4 members (excludes halogenated alkanes) is 14. The van der Waals surface area contributed by atoms with Gasteiger partial charge in [0.25, 0.3) is 0 Å². The number of rotatable bonds is 26. The number of carbonyl (C=O) groups excluding carboxylic acids is 2. The van der Waals surface area contributed by atoms with E-state index in [0.717, 1.165) is 32.1 Å². The lowest BCUT2D eigenvalue weighted by molar-refractivity contribution is -0.160. The Morgan fingerprint density at radius 3 is 1.74 bits per heavy atom. The van der Waals surface area contributed by atoms with Gasteiger partial charge in [-0.25, -0.2) is 4.57 Å². The summed E-state index contributed by atoms with van der Waals surface area (Å²) in [4.78, 5) is 40.6. The summed E-state index contributed by atoms with van der Waals surface area (Å²) in [5.74, 6) is -1.08. The first-order chi connectivity index (χ1) is 18.2. The molecule has 0 spiro atoms. The largest absolute Gasteiger partial charge is 0.469 e. The summed E-state index contributed by atoms with van der Waals surface area (Å²) in [7, 11) is -4.71. The molecule has 0 fully saturated rings. The third-order valence-corrected chi connectivity index (χ3v) is 6.52. The fourth-order valence-corrected chi connectivity index (χ4v) is 4.25. The van der Waals surface area contributed by atoms with E-state index in [1.54, 1.807) is 0 Å². The molecule has 0 aliphatic heterocycles. The van der Waals surface area contributed by atoms with Crippen molar-refractivity contribution < 1.29 is 37.9 Å². The lowest BCUT2D eigenvalue weighted by Gasteiger charge is -2.18. The third-order valence-electron chi connectivity index (χ3n) is 6.03. The zero-order chi connectivity index (χ0) is 28.3. The predicted octanol–water partition coefficient (Wildman–Crippen LogP) is 7.72. The molecule has 0 amide bonds. The highest BCUT2D eigenvalue weighted by Gasteiger charge is 2.22. The molecule has 0 radical (unpaired) electrons. The molecule has 8 nitrogen and oxygen atoms in total. The number of phosphoric acid groups is 1. The van der Waals surface area contributed by atoms with Crippen molar-refractivity contribution in [3.63, 3.8) is 0 Å². The molecule has 9 heteroatoms. The summed E-state index contributed by atoms with van der Waals surface area (Å²) in [6, 6.07) is 0. The molecule has 0 aromatic carbocycles. The van der Waals surface area contributed by atoms with Crippen LogP contribution in [0.1, 0.15) is 129 Å². The zero-order valence-corrected chi connectivity index (χ0v) is 24.7. The highest BCUT2D eigenvalue weighted by molar-refractivity contribution is 7.46. The maximum absolute atomic E-state index is 12.0. The minimum Gasteiger partial charge on any atom is -0.462 e. The monoisotopic (exact) mass is 560 g/mol. The minimum atomic E-state index is -4.71. The second kappa shape index (κ2) is 25.8. The van der Waals surface area contributed by atoms with Gasteiger partial charge in [-0.2, -0.15) is 0 Å². The Morgan fingerprint density at radius 1 is 0.737 bits per heavy atom. The Balaban J connectivity index is 3.61. The number of hydrogen-bond acceptors (Lipinski definition) is 6. The molecule has 1 unspecified atom stereocenters. The zero-order valence-electron chi connectivity index (χ0n) is 23.8. The summed E-state index contributed by atoms with van der Waals surface area (Å²) >= 11 is 0. The van der Waals surface area contributed by atoms with Crippen molar-refractivity contribution in [2.75, 3.05) is 13.2 Å². The van der Waals surface area contributed by atoms with Gasteiger partial charge in [0.2, 0.25) is 0 Å². The number of carbonyl (C=O) groups is 2. The molecule has 0 aromatic rings. The van der Waals surface area contributed by atoms with Crippen LogP contribution in [0.2, 0.25) is 0 Å². The highest BCUT2D eigenvalue weighted by atomic mass is 31.2. The molecule has 0 rings (SSSR count). The summed E-state index contributed by atoms with van der Waals surface area (Å²) in [5, 5.41) is 0. The molecule has 0 saturated carbocycles. The molecule has 0 aromatic heterocycles. The third kappa shape index (κ3) is 29.1. The van der Waals surface area contributed by atoms with E-state index in [0.29, 0.717) is 6.42 Å². The average molecular weight is 561 g/mol. The van der Waals surface area contributed by atoms with Crippen LogP contribution >= 0.6 is 7.82 Å². The van der Waals surface area contributed by atoms with Crippen LogP contribution in [0.5, 0.6) is 0 Å². The smallest absolute Gasteiger partial charge is 0.462 e. The lowest BCUT2D eigenvalue weighted by Crippen LogP contribution is -2.29. The first kappa shape index (κ1) is 36.5. The van der Waals surface area contributed by atoms with E-state index in [1.807, 2.05) is 0 Å². The lowest BCUT2D eigenvalue weighted by atomic mass is 10.1. The molecule has 0 saturated heterocycles. The van der Waals surface area contributed by atoms with Gasteiger partial charge in [-0.05, 0) is 38.5 Å². The van der Waals surface area contributed by atoms with Gasteiger partial charge < -0.3 is 19.3 Å². The van der Waals surface area contributed by atoms with Crippen LogP contribution in [0.25, 0.3) is 0 Å². The highest BCUT2D eigenvalue weighted by Crippen LogP contribution is 2.35. The quantitative estimate of drug-likeness (QED) is 0.0477. The number of phosphoric ester groups is 1. The van der Waals surface area contributed by atoms with Crippen LogP contribution in [0.15, 0.2) is 24.3 Å². The number of allylic oxidation sites excluding steroid dienone is 4. The fourth-order valence-electron chi connectivity index (χ4n) is 3.89. The molecular weight excluding hydrogens is 507 g/mol. The summed E-state index contributed by atoms with van der Waals surface area (Å²) in [5.41, 5.74) is 0. The van der Waals surface area contributed by atoms with Crippen molar-refractivity contribution in [2.45, 2.75) is 136 Å². The Morgan fingerprint density at radius 2 is 1.24 bits per heavy atom. The fraction of sp³-hybridized carbons (Fsp3) is 0.793. The van der Waals surface area contributed by atoms with Crippen molar-refractivity contribution in [3.05, 3.63) is 24.3 Å². The van der Waals surface area contributed by atoms with E-state index >= 15 is 0 Å². The average Bonchev–Trinajstić information content (AvgIpc) is 2.86. The SMILES string of the molecule is CCCCCCC/C=C\C/C=C\CCCCCCCCCCCC(=O)OC(COC(C)=O)COP(=O)(O)O. The van der Waals surface area contributed by atoms with Crippen LogP contribution in [0, 0.1) is 0 Å². The molecule has 0 aliphatic rings. The van der Waals surface area contributed by atoms with E-state index in [1.165, 1.54) is 77.6 Å². The molecule has 0 aliphatic carbocycles. The van der Waals surface area contributed by atoms with Gasteiger partial charge in [0.15, 0.2) is 6.10 Å². The second-order valence-corrected chi connectivity index (χ2v) is 11.0. The molecule has 222 valence electrons. The molecule has 2 N–H and O–H groups in total. The van der Waals surface area contributed by atoms with E-state index in [-0.39, 0.29) is 13.0 Å². The predicted molar refractivity (Wildman–Crippen MR) is 152 cm³/mol. The topological polar surface area (TPSA) is 119 Å². The van der Waals surface area contributed by atoms with Gasteiger partial charge in [0, 0.05) is 13.3 Å². The van der Waals surface area contributed by atoms with Gasteiger partial charge >= 0.3 is 19.8 Å². The Kier molecular flexibility index (Phi) is 24.8. The summed E-state index contributed by atoms with van der Waals surface area (Å²) < 4.78 is 25.1. The molecular formula is C29H53O8P. The van der Waals surface area contributed by atoms with E-state index in [4.69, 9.17) is 19.3 Å². The number of esters is 2. The maximum atomic E-state index is 12.0. The Hall–Kier alpha value is -1.47. The molecule has 38 heavy (non-hydrogen) atoms. The Bertz CT molecular complexity index is 686. The standard InChI is InChI=1S/C29H53O8P/c1-3-4-5-6-7-8-9-10-11-12-13-14-15-16-17-18-19-20-21-22-23-24-29(31)37-28(25-35-27(2)30)26-36-38(32,33)34/h9-10,12-13,28H,3-8,11,14-26H2,1-2H3,(H2,32,33,34)/b10-9-,13-12-. The molecule has 1 atom stereocenters. The van der Waals surface area contributed by atoms with Gasteiger partial charge in [-0.1, -0.05) is 102 Å². The summed E-state index contributed by atoms with van der Waals surface area (Å²) in [6.45, 7) is 2.59. The number of ether oxygens (including phenoxy) is 2. The molecule has 0 bridgehead atoms. The Labute approximate surface area is 230 Å². The molecule has 0 heterocycles. The minimum absolute atomic E-state index is 0.203. The normalized spacial score (nSPS) is 12.8. The van der Waals surface area contributed by atoms with Gasteiger partial charge in [-0.3, -0.25) is 14.1 Å². The first-order valence-corrected chi connectivity index (χ1v) is 16.1. The van der Waals surface area contributed by atoms with Crippen molar-refractivity contribution in [1.29, 1.82) is 0 Å². The van der Waals surface area contributed by atoms with E-state index in [9.17, 15) is 14.2 Å².